The van der Waals surface area contributed by atoms with E-state index in [4.69, 9.17) is 17.3 Å². The normalized spacial score (nSPS) is 16.2. The van der Waals surface area contributed by atoms with E-state index in [9.17, 15) is 18.0 Å². The molecule has 21 heavy (non-hydrogen) atoms. The topological polar surface area (TPSA) is 72.1 Å². The Hall–Kier alpha value is -1.57. The highest BCUT2D eigenvalue weighted by atomic mass is 35.5. The number of hydrogen-bond donors (Lipinski definition) is 1. The molecule has 2 rings (SSSR count). The molecule has 0 spiro atoms. The van der Waals surface area contributed by atoms with Crippen molar-refractivity contribution in [3.05, 3.63) is 17.0 Å². The van der Waals surface area contributed by atoms with E-state index in [-0.39, 0.29) is 18.4 Å². The first-order valence-corrected chi connectivity index (χ1v) is 6.82. The van der Waals surface area contributed by atoms with Gasteiger partial charge in [0.15, 0.2) is 5.69 Å². The van der Waals surface area contributed by atoms with Crippen molar-refractivity contribution >= 4 is 23.3 Å². The maximum absolute atomic E-state index is 12.8. The van der Waals surface area contributed by atoms with Crippen molar-refractivity contribution in [2.45, 2.75) is 37.9 Å². The minimum absolute atomic E-state index is 0.0203. The third-order valence-corrected chi connectivity index (χ3v) is 3.53. The molecular weight excluding hydrogens is 309 g/mol. The number of nitrogens with two attached hydrogens (primary N) is 1. The Labute approximate surface area is 124 Å². The van der Waals surface area contributed by atoms with Crippen LogP contribution in [0, 0.1) is 0 Å². The van der Waals surface area contributed by atoms with Crippen LogP contribution in [0.4, 0.5) is 19.0 Å². The van der Waals surface area contributed by atoms with Crippen LogP contribution in [0.15, 0.2) is 6.07 Å². The van der Waals surface area contributed by atoms with Gasteiger partial charge < -0.3 is 10.6 Å². The number of anilines is 1. The molecule has 1 fully saturated rings. The van der Waals surface area contributed by atoms with Crippen LogP contribution in [0.5, 0.6) is 0 Å². The third kappa shape index (κ3) is 3.96. The lowest BCUT2D eigenvalue weighted by Crippen LogP contribution is -2.41. The molecule has 116 valence electrons. The van der Waals surface area contributed by atoms with Gasteiger partial charge in [0.25, 0.3) is 0 Å². The van der Waals surface area contributed by atoms with E-state index >= 15 is 0 Å². The molecule has 1 aliphatic rings. The highest BCUT2D eigenvalue weighted by molar-refractivity contribution is 6.28. The summed E-state index contributed by atoms with van der Waals surface area (Å²) in [4.78, 5) is 19.7. The molecule has 0 atom stereocenters. The van der Waals surface area contributed by atoms with E-state index in [1.165, 1.54) is 4.90 Å². The van der Waals surface area contributed by atoms with E-state index in [0.717, 1.165) is 31.7 Å². The number of alkyl halides is 3. The Kier molecular flexibility index (Phi) is 4.55. The molecule has 0 aromatic carbocycles. The number of rotatable bonds is 4. The maximum atomic E-state index is 12.8. The molecule has 1 amide bonds. The zero-order valence-corrected chi connectivity index (χ0v) is 11.8. The molecule has 0 unspecified atom stereocenters. The van der Waals surface area contributed by atoms with Gasteiger partial charge in [-0.15, -0.1) is 0 Å². The minimum Gasteiger partial charge on any atom is -0.368 e. The first kappa shape index (κ1) is 15.8. The Morgan fingerprint density at radius 1 is 1.38 bits per heavy atom. The van der Waals surface area contributed by atoms with Gasteiger partial charge in [-0.1, -0.05) is 12.8 Å². The number of amides is 1. The van der Waals surface area contributed by atoms with E-state index in [1.807, 2.05) is 0 Å². The van der Waals surface area contributed by atoms with Crippen molar-refractivity contribution in [3.63, 3.8) is 0 Å². The molecule has 2 N–H and O–H groups in total. The summed E-state index contributed by atoms with van der Waals surface area (Å²) in [5, 5.41) is -0.507. The van der Waals surface area contributed by atoms with Crippen molar-refractivity contribution in [3.8, 4) is 0 Å². The minimum atomic E-state index is -4.63. The van der Waals surface area contributed by atoms with Gasteiger partial charge in [-0.05, 0) is 24.4 Å². The molecule has 5 nitrogen and oxygen atoms in total. The summed E-state index contributed by atoms with van der Waals surface area (Å²) in [6.07, 6.45) is -1.18. The first-order chi connectivity index (χ1) is 9.77. The standard InChI is InChI=1S/C12H14ClF3N4O/c13-11-18-8(12(14,15)16)5-10(19-11)20(6-9(17)21)7-3-1-2-4-7/h5,7H,1-4,6H2,(H2,17,21). The lowest BCUT2D eigenvalue weighted by molar-refractivity contribution is -0.141. The fraction of sp³-hybridized carbons (Fsp3) is 0.583. The van der Waals surface area contributed by atoms with Crippen LogP contribution in [-0.2, 0) is 11.0 Å². The van der Waals surface area contributed by atoms with Crippen LogP contribution >= 0.6 is 11.6 Å². The van der Waals surface area contributed by atoms with Gasteiger partial charge in [0, 0.05) is 12.1 Å². The second kappa shape index (κ2) is 6.05. The number of aromatic nitrogens is 2. The molecule has 1 aromatic heterocycles. The van der Waals surface area contributed by atoms with Crippen molar-refractivity contribution < 1.29 is 18.0 Å². The predicted octanol–water partition coefficient (Wildman–Crippen LogP) is 2.38. The fourth-order valence-corrected chi connectivity index (χ4v) is 2.66. The molecule has 0 aliphatic heterocycles. The van der Waals surface area contributed by atoms with Crippen LogP contribution in [0.1, 0.15) is 31.4 Å². The molecule has 1 aliphatic carbocycles. The predicted molar refractivity (Wildman–Crippen MR) is 70.8 cm³/mol. The number of nitrogens with zero attached hydrogens (tertiary/aromatic N) is 3. The van der Waals surface area contributed by atoms with Crippen molar-refractivity contribution in [1.82, 2.24) is 9.97 Å². The second-order valence-corrected chi connectivity index (χ2v) is 5.25. The van der Waals surface area contributed by atoms with Crippen LogP contribution in [0.25, 0.3) is 0 Å². The second-order valence-electron chi connectivity index (χ2n) is 4.91. The molecule has 1 aromatic rings. The van der Waals surface area contributed by atoms with Gasteiger partial charge in [0.05, 0.1) is 6.54 Å². The summed E-state index contributed by atoms with van der Waals surface area (Å²) in [7, 11) is 0. The zero-order chi connectivity index (χ0) is 15.6. The number of carbonyl (C=O) groups excluding carboxylic acids is 1. The fourth-order valence-electron chi connectivity index (χ4n) is 2.48. The van der Waals surface area contributed by atoms with Crippen LogP contribution in [-0.4, -0.2) is 28.5 Å². The highest BCUT2D eigenvalue weighted by Gasteiger charge is 2.35. The lowest BCUT2D eigenvalue weighted by atomic mass is 10.2. The van der Waals surface area contributed by atoms with Crippen molar-refractivity contribution in [1.29, 1.82) is 0 Å². The number of carbonyl (C=O) groups is 1. The summed E-state index contributed by atoms with van der Waals surface area (Å²) in [6.45, 7) is -0.199. The van der Waals surface area contributed by atoms with Crippen LogP contribution in [0.3, 0.4) is 0 Å². The van der Waals surface area contributed by atoms with Gasteiger partial charge in [0.2, 0.25) is 11.2 Å². The van der Waals surface area contributed by atoms with E-state index in [1.54, 1.807) is 0 Å². The largest absolute Gasteiger partial charge is 0.433 e. The molecule has 1 heterocycles. The van der Waals surface area contributed by atoms with Gasteiger partial charge in [0.1, 0.15) is 5.82 Å². The van der Waals surface area contributed by atoms with Gasteiger partial charge >= 0.3 is 6.18 Å². The Morgan fingerprint density at radius 3 is 2.52 bits per heavy atom. The van der Waals surface area contributed by atoms with Gasteiger partial charge in [-0.2, -0.15) is 13.2 Å². The summed E-state index contributed by atoms with van der Waals surface area (Å²) in [5.74, 6) is -0.654. The molecule has 0 radical (unpaired) electrons. The zero-order valence-electron chi connectivity index (χ0n) is 11.0. The SMILES string of the molecule is NC(=O)CN(c1cc(C(F)(F)F)nc(Cl)n1)C1CCCC1. The lowest BCUT2D eigenvalue weighted by Gasteiger charge is -2.29. The molecule has 9 heteroatoms. The quantitative estimate of drug-likeness (QED) is 0.864. The highest BCUT2D eigenvalue weighted by Crippen LogP contribution is 2.33. The van der Waals surface area contributed by atoms with Crippen LogP contribution in [0.2, 0.25) is 5.28 Å². The third-order valence-electron chi connectivity index (χ3n) is 3.36. The number of primary amides is 1. The summed E-state index contributed by atoms with van der Waals surface area (Å²) >= 11 is 5.58. The molecular formula is C12H14ClF3N4O. The van der Waals surface area contributed by atoms with E-state index < -0.39 is 23.1 Å². The Balaban J connectivity index is 2.38. The Morgan fingerprint density at radius 2 is 2.00 bits per heavy atom. The number of halogens is 4. The average molecular weight is 323 g/mol. The van der Waals surface area contributed by atoms with Crippen molar-refractivity contribution in [2.24, 2.45) is 5.73 Å². The van der Waals surface area contributed by atoms with Crippen molar-refractivity contribution in [2.75, 3.05) is 11.4 Å². The summed E-state index contributed by atoms with van der Waals surface area (Å²) < 4.78 is 38.4. The van der Waals surface area contributed by atoms with Gasteiger partial charge in [-0.25, -0.2) is 9.97 Å². The first-order valence-electron chi connectivity index (χ1n) is 6.44. The van der Waals surface area contributed by atoms with E-state index in [2.05, 4.69) is 9.97 Å². The smallest absolute Gasteiger partial charge is 0.368 e. The number of hydrogen-bond acceptors (Lipinski definition) is 4. The molecule has 0 bridgehead atoms. The monoisotopic (exact) mass is 322 g/mol. The molecule has 0 saturated heterocycles. The summed E-state index contributed by atoms with van der Waals surface area (Å²) in [5.41, 5.74) is 4.05. The molecule has 1 saturated carbocycles. The van der Waals surface area contributed by atoms with Crippen LogP contribution < -0.4 is 10.6 Å². The summed E-state index contributed by atoms with van der Waals surface area (Å²) in [6, 6.07) is 0.734. The average Bonchev–Trinajstić information content (AvgIpc) is 2.87. The van der Waals surface area contributed by atoms with Gasteiger partial charge in [-0.3, -0.25) is 4.79 Å². The van der Waals surface area contributed by atoms with E-state index in [0.29, 0.717) is 0 Å². The maximum Gasteiger partial charge on any atom is 0.433 e. The Bertz CT molecular complexity index is 532.